The zero-order valence-electron chi connectivity index (χ0n) is 15.0. The van der Waals surface area contributed by atoms with Crippen LogP contribution in [0.2, 0.25) is 0 Å². The number of benzene rings is 2. The molecular weight excluding hydrogens is 322 g/mol. The molecule has 4 heteroatoms. The second-order valence-electron chi connectivity index (χ2n) is 6.02. The summed E-state index contributed by atoms with van der Waals surface area (Å²) in [7, 11) is 0. The van der Waals surface area contributed by atoms with Gasteiger partial charge in [0.15, 0.2) is 0 Å². The number of carbonyl (C=O) groups is 1. The fraction of sp³-hybridized carbons (Fsp3) is 0.182. The predicted octanol–water partition coefficient (Wildman–Crippen LogP) is 3.20. The van der Waals surface area contributed by atoms with Crippen LogP contribution in [-0.2, 0) is 11.2 Å². The molecule has 0 radical (unpaired) electrons. The molecule has 2 aromatic carbocycles. The van der Waals surface area contributed by atoms with Crippen LogP contribution in [0.5, 0.6) is 0 Å². The SMILES string of the molecule is Cc1nn(-c2ccccc2)c(C)c1CC(=O)NCC#Cc1ccccc1. The number of nitrogens with zero attached hydrogens (tertiary/aromatic N) is 2. The lowest BCUT2D eigenvalue weighted by molar-refractivity contribution is -0.120. The zero-order valence-corrected chi connectivity index (χ0v) is 15.0. The van der Waals surface area contributed by atoms with Crippen LogP contribution in [0.1, 0.15) is 22.5 Å². The molecule has 0 atom stereocenters. The van der Waals surface area contributed by atoms with Crippen molar-refractivity contribution >= 4 is 5.91 Å². The Morgan fingerprint density at radius 1 is 1.04 bits per heavy atom. The minimum absolute atomic E-state index is 0.0498. The van der Waals surface area contributed by atoms with Gasteiger partial charge in [-0.2, -0.15) is 5.10 Å². The molecule has 0 unspecified atom stereocenters. The average Bonchev–Trinajstić information content (AvgIpc) is 2.95. The van der Waals surface area contributed by atoms with Crippen molar-refractivity contribution < 1.29 is 4.79 Å². The first-order valence-electron chi connectivity index (χ1n) is 8.56. The van der Waals surface area contributed by atoms with Crippen molar-refractivity contribution in [3.63, 3.8) is 0 Å². The van der Waals surface area contributed by atoms with Gasteiger partial charge in [0.1, 0.15) is 0 Å². The van der Waals surface area contributed by atoms with Crippen LogP contribution < -0.4 is 5.32 Å². The Hall–Kier alpha value is -3.32. The first kappa shape index (κ1) is 17.5. The summed E-state index contributed by atoms with van der Waals surface area (Å²) < 4.78 is 1.88. The monoisotopic (exact) mass is 343 g/mol. The summed E-state index contributed by atoms with van der Waals surface area (Å²) in [4.78, 5) is 12.3. The smallest absolute Gasteiger partial charge is 0.225 e. The molecule has 0 aliphatic carbocycles. The van der Waals surface area contributed by atoms with Crippen molar-refractivity contribution in [2.45, 2.75) is 20.3 Å². The number of aromatic nitrogens is 2. The molecule has 0 saturated heterocycles. The van der Waals surface area contributed by atoms with Gasteiger partial charge in [-0.1, -0.05) is 48.2 Å². The first-order valence-corrected chi connectivity index (χ1v) is 8.56. The lowest BCUT2D eigenvalue weighted by atomic mass is 10.1. The molecule has 3 aromatic rings. The Morgan fingerprint density at radius 3 is 2.38 bits per heavy atom. The molecule has 4 nitrogen and oxygen atoms in total. The van der Waals surface area contributed by atoms with Gasteiger partial charge < -0.3 is 5.32 Å². The van der Waals surface area contributed by atoms with Gasteiger partial charge in [-0.05, 0) is 38.1 Å². The van der Waals surface area contributed by atoms with Crippen molar-refractivity contribution in [2.75, 3.05) is 6.54 Å². The van der Waals surface area contributed by atoms with Crippen LogP contribution in [0.25, 0.3) is 5.69 Å². The van der Waals surface area contributed by atoms with Gasteiger partial charge in [0.05, 0.1) is 24.3 Å². The molecule has 0 fully saturated rings. The van der Waals surface area contributed by atoms with E-state index in [1.807, 2.05) is 79.2 Å². The highest BCUT2D eigenvalue weighted by molar-refractivity contribution is 5.79. The maximum absolute atomic E-state index is 12.3. The van der Waals surface area contributed by atoms with Crippen molar-refractivity contribution in [1.29, 1.82) is 0 Å². The van der Waals surface area contributed by atoms with Crippen LogP contribution in [0.15, 0.2) is 60.7 Å². The summed E-state index contributed by atoms with van der Waals surface area (Å²) in [5.41, 5.74) is 4.75. The average molecular weight is 343 g/mol. The van der Waals surface area contributed by atoms with E-state index in [1.54, 1.807) is 0 Å². The van der Waals surface area contributed by atoms with E-state index in [1.165, 1.54) is 0 Å². The fourth-order valence-electron chi connectivity index (χ4n) is 2.78. The third kappa shape index (κ3) is 4.20. The maximum atomic E-state index is 12.3. The third-order valence-electron chi connectivity index (χ3n) is 4.16. The second kappa shape index (κ2) is 8.17. The molecule has 26 heavy (non-hydrogen) atoms. The van der Waals surface area contributed by atoms with E-state index in [4.69, 9.17) is 0 Å². The highest BCUT2D eigenvalue weighted by Crippen LogP contribution is 2.18. The number of para-hydroxylation sites is 1. The summed E-state index contributed by atoms with van der Waals surface area (Å²) in [6.45, 7) is 4.26. The van der Waals surface area contributed by atoms with E-state index in [0.29, 0.717) is 13.0 Å². The molecule has 0 aliphatic rings. The van der Waals surface area contributed by atoms with E-state index < -0.39 is 0 Å². The van der Waals surface area contributed by atoms with E-state index in [-0.39, 0.29) is 5.91 Å². The number of hydrogen-bond acceptors (Lipinski definition) is 2. The number of aryl methyl sites for hydroxylation is 1. The van der Waals surface area contributed by atoms with E-state index in [0.717, 1.165) is 28.2 Å². The molecule has 3 rings (SSSR count). The molecule has 0 aliphatic heterocycles. The second-order valence-corrected chi connectivity index (χ2v) is 6.02. The number of amides is 1. The molecule has 0 saturated carbocycles. The van der Waals surface area contributed by atoms with Gasteiger partial charge >= 0.3 is 0 Å². The Balaban J connectivity index is 1.63. The predicted molar refractivity (Wildman–Crippen MR) is 103 cm³/mol. The summed E-state index contributed by atoms with van der Waals surface area (Å²) in [5.74, 6) is 5.96. The van der Waals surface area contributed by atoms with Crippen molar-refractivity contribution in [3.8, 4) is 17.5 Å². The van der Waals surface area contributed by atoms with Crippen molar-refractivity contribution in [3.05, 3.63) is 83.2 Å². The van der Waals surface area contributed by atoms with Gasteiger partial charge in [-0.3, -0.25) is 4.79 Å². The number of nitrogens with one attached hydrogen (secondary N) is 1. The quantitative estimate of drug-likeness (QED) is 0.740. The molecule has 0 spiro atoms. The van der Waals surface area contributed by atoms with Crippen LogP contribution in [-0.4, -0.2) is 22.2 Å². The highest BCUT2D eigenvalue weighted by atomic mass is 16.1. The Morgan fingerprint density at radius 2 is 1.69 bits per heavy atom. The molecule has 0 bridgehead atoms. The normalized spacial score (nSPS) is 10.1. The summed E-state index contributed by atoms with van der Waals surface area (Å²) >= 11 is 0. The highest BCUT2D eigenvalue weighted by Gasteiger charge is 2.15. The van der Waals surface area contributed by atoms with Crippen LogP contribution in [0.4, 0.5) is 0 Å². The van der Waals surface area contributed by atoms with Crippen LogP contribution in [0.3, 0.4) is 0 Å². The molecule has 1 heterocycles. The summed E-state index contributed by atoms with van der Waals surface area (Å²) in [5, 5.41) is 7.43. The third-order valence-corrected chi connectivity index (χ3v) is 4.16. The zero-order chi connectivity index (χ0) is 18.4. The van der Waals surface area contributed by atoms with Crippen LogP contribution >= 0.6 is 0 Å². The largest absolute Gasteiger partial charge is 0.345 e. The molecule has 1 aromatic heterocycles. The van der Waals surface area contributed by atoms with Gasteiger partial charge in [0.25, 0.3) is 0 Å². The van der Waals surface area contributed by atoms with E-state index >= 15 is 0 Å². The van der Waals surface area contributed by atoms with Gasteiger partial charge in [-0.25, -0.2) is 4.68 Å². The first-order chi connectivity index (χ1) is 12.6. The Bertz CT molecular complexity index is 948. The Labute approximate surface area is 153 Å². The fourth-order valence-corrected chi connectivity index (χ4v) is 2.78. The van der Waals surface area contributed by atoms with E-state index in [2.05, 4.69) is 22.3 Å². The van der Waals surface area contributed by atoms with E-state index in [9.17, 15) is 4.79 Å². The molecule has 1 N–H and O–H groups in total. The number of hydrogen-bond donors (Lipinski definition) is 1. The van der Waals surface area contributed by atoms with Crippen molar-refractivity contribution in [1.82, 2.24) is 15.1 Å². The summed E-state index contributed by atoms with van der Waals surface area (Å²) in [6, 6.07) is 19.7. The maximum Gasteiger partial charge on any atom is 0.225 e. The van der Waals surface area contributed by atoms with Gasteiger partial charge in [0, 0.05) is 16.8 Å². The topological polar surface area (TPSA) is 46.9 Å². The minimum atomic E-state index is -0.0498. The summed E-state index contributed by atoms with van der Waals surface area (Å²) in [6.07, 6.45) is 0.303. The van der Waals surface area contributed by atoms with Crippen molar-refractivity contribution in [2.24, 2.45) is 0 Å². The standard InChI is InChI=1S/C22H21N3O/c1-17-21(18(2)25(24-17)20-13-7-4-8-14-20)16-22(26)23-15-9-12-19-10-5-3-6-11-19/h3-8,10-11,13-14H,15-16H2,1-2H3,(H,23,26). The number of carbonyl (C=O) groups excluding carboxylic acids is 1. The lowest BCUT2D eigenvalue weighted by Gasteiger charge is -2.05. The van der Waals surface area contributed by atoms with Gasteiger partial charge in [-0.15, -0.1) is 0 Å². The van der Waals surface area contributed by atoms with Gasteiger partial charge in [0.2, 0.25) is 5.91 Å². The Kier molecular flexibility index (Phi) is 5.50. The lowest BCUT2D eigenvalue weighted by Crippen LogP contribution is -2.25. The molecule has 1 amide bonds. The number of rotatable bonds is 4. The molecular formula is C22H21N3O. The molecule has 130 valence electrons. The minimum Gasteiger partial charge on any atom is -0.345 e. The van der Waals surface area contributed by atoms with Crippen LogP contribution in [0, 0.1) is 25.7 Å².